The molecule has 0 spiro atoms. The molecule has 0 aromatic heterocycles. The van der Waals surface area contributed by atoms with Crippen LogP contribution in [0.4, 0.5) is 4.39 Å². The van der Waals surface area contributed by atoms with E-state index in [-0.39, 0.29) is 5.92 Å². The van der Waals surface area contributed by atoms with Crippen molar-refractivity contribution in [2.75, 3.05) is 6.61 Å². The second kappa shape index (κ2) is 10.9. The third-order valence-electron chi connectivity index (χ3n) is 5.96. The normalized spacial score (nSPS) is 31.6. The molecule has 2 fully saturated rings. The number of allylic oxidation sites excluding steroid dienone is 2. The zero-order chi connectivity index (χ0) is 17.2. The number of ether oxygens (including phenoxy) is 1. The van der Waals surface area contributed by atoms with Crippen LogP contribution in [0.3, 0.4) is 0 Å². The minimum atomic E-state index is -0.630. The first kappa shape index (κ1) is 19.4. The molecule has 0 saturated heterocycles. The second-order valence-corrected chi connectivity index (χ2v) is 7.88. The molecule has 136 valence electrons. The van der Waals surface area contributed by atoms with Crippen molar-refractivity contribution in [2.45, 2.75) is 90.1 Å². The molecule has 0 radical (unpaired) electrons. The summed E-state index contributed by atoms with van der Waals surface area (Å²) < 4.78 is 19.2. The molecule has 2 nitrogen and oxygen atoms in total. The summed E-state index contributed by atoms with van der Waals surface area (Å²) >= 11 is 0. The molecule has 24 heavy (non-hydrogen) atoms. The Bertz CT molecular complexity index is 412. The predicted octanol–water partition coefficient (Wildman–Crippen LogP) is 6.33. The van der Waals surface area contributed by atoms with Crippen molar-refractivity contribution in [1.82, 2.24) is 0 Å². The highest BCUT2D eigenvalue weighted by molar-refractivity contribution is 5.13. The summed E-state index contributed by atoms with van der Waals surface area (Å²) in [5.74, 6) is 1.31. The van der Waals surface area contributed by atoms with E-state index in [1.54, 1.807) is 6.07 Å². The van der Waals surface area contributed by atoms with Gasteiger partial charge in [-0.3, -0.25) is 0 Å². The summed E-state index contributed by atoms with van der Waals surface area (Å²) in [5.41, 5.74) is 0. The van der Waals surface area contributed by atoms with Crippen molar-refractivity contribution in [3.05, 3.63) is 11.9 Å². The van der Waals surface area contributed by atoms with Gasteiger partial charge >= 0.3 is 0 Å². The lowest BCUT2D eigenvalue weighted by molar-refractivity contribution is -0.00672. The first-order valence-corrected chi connectivity index (χ1v) is 10.1. The van der Waals surface area contributed by atoms with Gasteiger partial charge in [-0.05, 0) is 62.4 Å². The average Bonchev–Trinajstić information content (AvgIpc) is 2.62. The van der Waals surface area contributed by atoms with E-state index < -0.39 is 5.83 Å². The Morgan fingerprint density at radius 1 is 1.04 bits per heavy atom. The highest BCUT2D eigenvalue weighted by atomic mass is 19.1. The molecule has 0 unspecified atom stereocenters. The molecule has 0 aromatic rings. The lowest BCUT2D eigenvalue weighted by Crippen LogP contribution is -2.25. The molecule has 2 saturated carbocycles. The quantitative estimate of drug-likeness (QED) is 0.384. The highest BCUT2D eigenvalue weighted by Gasteiger charge is 2.24. The Morgan fingerprint density at radius 3 is 2.33 bits per heavy atom. The van der Waals surface area contributed by atoms with Crippen molar-refractivity contribution < 1.29 is 9.13 Å². The van der Waals surface area contributed by atoms with Crippen molar-refractivity contribution in [3.63, 3.8) is 0 Å². The minimum absolute atomic E-state index is 0.225. The van der Waals surface area contributed by atoms with Gasteiger partial charge in [0.25, 0.3) is 0 Å². The number of hydrogen-bond donors (Lipinski definition) is 0. The van der Waals surface area contributed by atoms with Gasteiger partial charge in [0.15, 0.2) is 5.83 Å². The molecule has 2 aliphatic carbocycles. The third kappa shape index (κ3) is 6.93. The minimum Gasteiger partial charge on any atom is -0.378 e. The molecule has 0 atom stereocenters. The fourth-order valence-electron chi connectivity index (χ4n) is 4.31. The van der Waals surface area contributed by atoms with Crippen LogP contribution in [0.2, 0.25) is 0 Å². The van der Waals surface area contributed by atoms with Crippen LogP contribution in [0.25, 0.3) is 0 Å². The van der Waals surface area contributed by atoms with Crippen LogP contribution in [-0.2, 0) is 4.74 Å². The van der Waals surface area contributed by atoms with Crippen LogP contribution in [-0.4, -0.2) is 12.7 Å². The zero-order valence-corrected chi connectivity index (χ0v) is 15.3. The maximum Gasteiger partial charge on any atom is 0.196 e. The maximum absolute atomic E-state index is 13.0. The fourth-order valence-corrected chi connectivity index (χ4v) is 4.31. The summed E-state index contributed by atoms with van der Waals surface area (Å²) in [4.78, 5) is 0. The lowest BCUT2D eigenvalue weighted by Gasteiger charge is -2.31. The first-order valence-electron chi connectivity index (χ1n) is 10.1. The summed E-state index contributed by atoms with van der Waals surface area (Å²) in [6.07, 6.45) is 16.8. The summed E-state index contributed by atoms with van der Waals surface area (Å²) in [6, 6.07) is 1.57. The van der Waals surface area contributed by atoms with Crippen LogP contribution in [0.5, 0.6) is 0 Å². The van der Waals surface area contributed by atoms with Crippen molar-refractivity contribution in [1.29, 1.82) is 5.26 Å². The molecule has 0 heterocycles. The molecule has 2 aliphatic rings. The van der Waals surface area contributed by atoms with Gasteiger partial charge in [-0.15, -0.1) is 0 Å². The molecular formula is C21H34FNO. The van der Waals surface area contributed by atoms with Crippen LogP contribution >= 0.6 is 0 Å². The Balaban J connectivity index is 1.56. The molecular weight excluding hydrogens is 301 g/mol. The van der Waals surface area contributed by atoms with Gasteiger partial charge in [-0.1, -0.05) is 45.4 Å². The number of nitriles is 1. The van der Waals surface area contributed by atoms with Crippen molar-refractivity contribution >= 4 is 0 Å². The average molecular weight is 336 g/mol. The van der Waals surface area contributed by atoms with Gasteiger partial charge in [0, 0.05) is 6.61 Å². The maximum atomic E-state index is 13.0. The molecule has 0 amide bonds. The molecule has 3 heteroatoms. The highest BCUT2D eigenvalue weighted by Crippen LogP contribution is 2.33. The van der Waals surface area contributed by atoms with Crippen LogP contribution in [0, 0.1) is 29.1 Å². The van der Waals surface area contributed by atoms with Crippen molar-refractivity contribution in [2.24, 2.45) is 17.8 Å². The Labute approximate surface area is 147 Å². The Kier molecular flexibility index (Phi) is 8.81. The fraction of sp³-hybridized carbons (Fsp3) is 0.857. The van der Waals surface area contributed by atoms with E-state index in [0.29, 0.717) is 6.10 Å². The molecule has 0 aromatic carbocycles. The summed E-state index contributed by atoms with van der Waals surface area (Å²) in [7, 11) is 0. The topological polar surface area (TPSA) is 33.0 Å². The van der Waals surface area contributed by atoms with E-state index in [4.69, 9.17) is 10.00 Å². The van der Waals surface area contributed by atoms with Crippen molar-refractivity contribution in [3.8, 4) is 6.07 Å². The second-order valence-electron chi connectivity index (χ2n) is 7.88. The molecule has 0 bridgehead atoms. The monoisotopic (exact) mass is 335 g/mol. The van der Waals surface area contributed by atoms with E-state index in [2.05, 4.69) is 6.92 Å². The van der Waals surface area contributed by atoms with Gasteiger partial charge in [-0.2, -0.15) is 9.65 Å². The van der Waals surface area contributed by atoms with E-state index >= 15 is 0 Å². The van der Waals surface area contributed by atoms with E-state index in [1.165, 1.54) is 57.4 Å². The number of unbranched alkanes of at least 4 members (excludes halogenated alkanes) is 2. The molecule has 0 aliphatic heterocycles. The van der Waals surface area contributed by atoms with E-state index in [9.17, 15) is 4.39 Å². The van der Waals surface area contributed by atoms with Crippen LogP contribution in [0.1, 0.15) is 84.0 Å². The molecule has 0 N–H and O–H groups in total. The first-order chi connectivity index (χ1) is 11.7. The van der Waals surface area contributed by atoms with E-state index in [0.717, 1.165) is 44.1 Å². The number of halogens is 1. The van der Waals surface area contributed by atoms with Gasteiger partial charge in [0.05, 0.1) is 6.10 Å². The SMILES string of the molecule is CCCCC[C@H]1CC[C@H](COC2CCC(C=C(F)C#N)CC2)CC1. The van der Waals surface area contributed by atoms with Gasteiger partial charge in [0.2, 0.25) is 0 Å². The van der Waals surface area contributed by atoms with Gasteiger partial charge < -0.3 is 4.74 Å². The largest absolute Gasteiger partial charge is 0.378 e. The van der Waals surface area contributed by atoms with Crippen LogP contribution in [0.15, 0.2) is 11.9 Å². The third-order valence-corrected chi connectivity index (χ3v) is 5.96. The van der Waals surface area contributed by atoms with Gasteiger partial charge in [-0.25, -0.2) is 0 Å². The summed E-state index contributed by atoms with van der Waals surface area (Å²) in [5, 5.41) is 8.51. The van der Waals surface area contributed by atoms with Crippen LogP contribution < -0.4 is 0 Å². The zero-order valence-electron chi connectivity index (χ0n) is 15.3. The Hall–Kier alpha value is -0.880. The standard InChI is InChI=1S/C21H34FNO/c1-2-3-4-5-17-6-8-19(9-7-17)16-24-21-12-10-18(11-13-21)14-20(22)15-23/h14,17-19,21H,2-13,16H2,1H3/t17-,18?,19-,21?. The smallest absolute Gasteiger partial charge is 0.196 e. The van der Waals surface area contributed by atoms with Gasteiger partial charge in [0.1, 0.15) is 6.07 Å². The number of nitrogens with zero attached hydrogens (tertiary/aromatic N) is 1. The number of rotatable bonds is 8. The number of hydrogen-bond acceptors (Lipinski definition) is 2. The Morgan fingerprint density at radius 2 is 1.71 bits per heavy atom. The molecule has 2 rings (SSSR count). The lowest BCUT2D eigenvalue weighted by atomic mass is 9.80. The predicted molar refractivity (Wildman–Crippen MR) is 96.1 cm³/mol. The summed E-state index contributed by atoms with van der Waals surface area (Å²) in [6.45, 7) is 3.19. The van der Waals surface area contributed by atoms with E-state index in [1.807, 2.05) is 0 Å².